The van der Waals surface area contributed by atoms with Crippen molar-refractivity contribution in [2.45, 2.75) is 33.2 Å². The van der Waals surface area contributed by atoms with Crippen molar-refractivity contribution in [3.05, 3.63) is 50.9 Å². The highest BCUT2D eigenvalue weighted by Crippen LogP contribution is 2.44. The predicted octanol–water partition coefficient (Wildman–Crippen LogP) is 4.76. The van der Waals surface area contributed by atoms with Gasteiger partial charge in [0.15, 0.2) is 5.76 Å². The highest BCUT2D eigenvalue weighted by Gasteiger charge is 2.40. The maximum Gasteiger partial charge on any atom is 0.511 e. The van der Waals surface area contributed by atoms with Crippen molar-refractivity contribution in [3.63, 3.8) is 0 Å². The number of halogens is 2. The lowest BCUT2D eigenvalue weighted by Crippen LogP contribution is -2.38. The Bertz CT molecular complexity index is 1070. The van der Waals surface area contributed by atoms with E-state index in [1.807, 2.05) is 0 Å². The molecule has 164 valence electrons. The number of primary amides is 1. The lowest BCUT2D eigenvalue weighted by Gasteiger charge is -2.19. The number of anilines is 1. The second-order valence-electron chi connectivity index (χ2n) is 6.66. The van der Waals surface area contributed by atoms with Crippen LogP contribution in [0.1, 0.15) is 31.2 Å². The zero-order chi connectivity index (χ0) is 22.9. The molecule has 0 bridgehead atoms. The Hall–Kier alpha value is -3.11. The van der Waals surface area contributed by atoms with Gasteiger partial charge in [-0.25, -0.2) is 18.9 Å². The molecule has 1 aliphatic rings. The Morgan fingerprint density at radius 1 is 1.19 bits per heavy atom. The standard InChI is InChI=1S/C20H18ClFN2O6S/c1-9(2)28-20(27)30-10(3)29-17(15-5-4-6-31-15)16-11-7-13(22)12(21)8-14(11)24(18(16)25)19(23)26/h4-10H,1-3H3,(H2,23,26)/b17-16+. The van der Waals surface area contributed by atoms with Gasteiger partial charge < -0.3 is 19.9 Å². The van der Waals surface area contributed by atoms with Crippen LogP contribution in [0.15, 0.2) is 29.6 Å². The minimum Gasteiger partial charge on any atom is -0.453 e. The minimum atomic E-state index is -1.17. The number of benzene rings is 1. The van der Waals surface area contributed by atoms with Crippen LogP contribution in [0.5, 0.6) is 0 Å². The van der Waals surface area contributed by atoms with E-state index in [-0.39, 0.29) is 27.6 Å². The number of imide groups is 1. The van der Waals surface area contributed by atoms with E-state index >= 15 is 0 Å². The maximum atomic E-state index is 14.2. The summed E-state index contributed by atoms with van der Waals surface area (Å²) in [6.45, 7) is 4.72. The number of rotatable bonds is 5. The number of hydrogen-bond donors (Lipinski definition) is 1. The minimum absolute atomic E-state index is 0.0171. The van der Waals surface area contributed by atoms with Gasteiger partial charge in [-0.2, -0.15) is 0 Å². The topological polar surface area (TPSA) is 108 Å². The van der Waals surface area contributed by atoms with Crippen molar-refractivity contribution < 1.29 is 33.0 Å². The molecule has 2 heterocycles. The summed E-state index contributed by atoms with van der Waals surface area (Å²) >= 11 is 7.06. The van der Waals surface area contributed by atoms with Crippen LogP contribution in [-0.4, -0.2) is 30.5 Å². The molecule has 8 nitrogen and oxygen atoms in total. The fourth-order valence-corrected chi connectivity index (χ4v) is 3.77. The third-order valence-electron chi connectivity index (χ3n) is 4.04. The summed E-state index contributed by atoms with van der Waals surface area (Å²) in [5.41, 5.74) is 5.32. The van der Waals surface area contributed by atoms with E-state index < -0.39 is 36.3 Å². The first kappa shape index (κ1) is 22.6. The molecule has 0 spiro atoms. The van der Waals surface area contributed by atoms with Gasteiger partial charge >= 0.3 is 12.2 Å². The van der Waals surface area contributed by atoms with Gasteiger partial charge in [-0.05, 0) is 37.4 Å². The second kappa shape index (κ2) is 8.94. The molecular weight excluding hydrogens is 451 g/mol. The third kappa shape index (κ3) is 4.64. The Kier molecular flexibility index (Phi) is 6.51. The number of nitrogens with zero attached hydrogens (tertiary/aromatic N) is 1. The smallest absolute Gasteiger partial charge is 0.453 e. The third-order valence-corrected chi connectivity index (χ3v) is 5.19. The van der Waals surface area contributed by atoms with Crippen molar-refractivity contribution in [3.8, 4) is 0 Å². The van der Waals surface area contributed by atoms with Gasteiger partial charge in [0.2, 0.25) is 6.29 Å². The Morgan fingerprint density at radius 3 is 2.48 bits per heavy atom. The SMILES string of the molecule is CC(C)OC(=O)OC(C)O/C(=C1/C(=O)N(C(N)=O)c2cc(Cl)c(F)cc21)c1cccs1. The molecule has 1 unspecified atom stereocenters. The van der Waals surface area contributed by atoms with E-state index in [4.69, 9.17) is 31.5 Å². The summed E-state index contributed by atoms with van der Waals surface area (Å²) in [6.07, 6.45) is -2.55. The monoisotopic (exact) mass is 468 g/mol. The van der Waals surface area contributed by atoms with Crippen LogP contribution in [-0.2, 0) is 19.0 Å². The van der Waals surface area contributed by atoms with Crippen LogP contribution in [0.25, 0.3) is 11.3 Å². The van der Waals surface area contributed by atoms with E-state index in [0.29, 0.717) is 9.78 Å². The number of carbonyl (C=O) groups is 3. The van der Waals surface area contributed by atoms with Gasteiger partial charge in [0, 0.05) is 12.5 Å². The Morgan fingerprint density at radius 2 is 1.90 bits per heavy atom. The van der Waals surface area contributed by atoms with Crippen molar-refractivity contribution in [2.24, 2.45) is 5.73 Å². The van der Waals surface area contributed by atoms with Crippen molar-refractivity contribution in [1.82, 2.24) is 0 Å². The summed E-state index contributed by atoms with van der Waals surface area (Å²) in [5.74, 6) is -1.64. The number of carbonyl (C=O) groups excluding carboxylic acids is 3. The van der Waals surface area contributed by atoms with Crippen molar-refractivity contribution in [1.29, 1.82) is 0 Å². The summed E-state index contributed by atoms with van der Waals surface area (Å²) in [7, 11) is 0. The summed E-state index contributed by atoms with van der Waals surface area (Å²) in [4.78, 5) is 38.0. The normalized spacial score (nSPS) is 15.5. The second-order valence-corrected chi connectivity index (χ2v) is 8.02. The molecule has 2 N–H and O–H groups in total. The fraction of sp³-hybridized carbons (Fsp3) is 0.250. The van der Waals surface area contributed by atoms with Crippen LogP contribution in [0.4, 0.5) is 19.7 Å². The predicted molar refractivity (Wildman–Crippen MR) is 113 cm³/mol. The molecule has 0 radical (unpaired) electrons. The number of urea groups is 1. The molecule has 0 saturated heterocycles. The van der Waals surface area contributed by atoms with Crippen molar-refractivity contribution >= 4 is 58.1 Å². The molecule has 2 aromatic rings. The zero-order valence-electron chi connectivity index (χ0n) is 16.7. The lowest BCUT2D eigenvalue weighted by molar-refractivity contribution is -0.112. The molecule has 1 aromatic heterocycles. The summed E-state index contributed by atoms with van der Waals surface area (Å²) in [6, 6.07) is 4.44. The molecule has 3 rings (SSSR count). The van der Waals surface area contributed by atoms with Gasteiger partial charge in [0.05, 0.1) is 27.3 Å². The van der Waals surface area contributed by atoms with E-state index in [1.54, 1.807) is 31.4 Å². The Balaban J connectivity index is 2.11. The molecule has 11 heteroatoms. The van der Waals surface area contributed by atoms with Gasteiger partial charge in [0.1, 0.15) is 5.82 Å². The van der Waals surface area contributed by atoms with E-state index in [2.05, 4.69) is 0 Å². The molecule has 1 atom stereocenters. The van der Waals surface area contributed by atoms with Gasteiger partial charge in [0.25, 0.3) is 5.91 Å². The average Bonchev–Trinajstić information content (AvgIpc) is 3.26. The largest absolute Gasteiger partial charge is 0.511 e. The number of nitrogens with two attached hydrogens (primary N) is 1. The first-order valence-corrected chi connectivity index (χ1v) is 10.3. The van der Waals surface area contributed by atoms with E-state index in [0.717, 1.165) is 12.1 Å². The highest BCUT2D eigenvalue weighted by molar-refractivity contribution is 7.11. The molecule has 31 heavy (non-hydrogen) atoms. The number of fused-ring (bicyclic) bond motifs is 1. The van der Waals surface area contributed by atoms with Crippen LogP contribution in [0, 0.1) is 5.82 Å². The first-order valence-electron chi connectivity index (χ1n) is 9.05. The molecule has 3 amide bonds. The quantitative estimate of drug-likeness (QED) is 0.293. The summed E-state index contributed by atoms with van der Waals surface area (Å²) < 4.78 is 30.0. The van der Waals surface area contributed by atoms with Crippen LogP contribution < -0.4 is 10.6 Å². The molecule has 1 aliphatic heterocycles. The number of thiophene rings is 1. The van der Waals surface area contributed by atoms with Crippen LogP contribution in [0.3, 0.4) is 0 Å². The maximum absolute atomic E-state index is 14.2. The Labute approximate surface area is 185 Å². The zero-order valence-corrected chi connectivity index (χ0v) is 18.3. The van der Waals surface area contributed by atoms with E-state index in [9.17, 15) is 18.8 Å². The summed E-state index contributed by atoms with van der Waals surface area (Å²) in [5, 5.41) is 1.44. The van der Waals surface area contributed by atoms with E-state index in [1.165, 1.54) is 18.3 Å². The number of amides is 3. The molecule has 0 aliphatic carbocycles. The molecule has 1 aromatic carbocycles. The van der Waals surface area contributed by atoms with Crippen LogP contribution >= 0.6 is 22.9 Å². The van der Waals surface area contributed by atoms with Gasteiger partial charge in [-0.3, -0.25) is 4.79 Å². The molecular formula is C20H18ClFN2O6S. The number of ether oxygens (including phenoxy) is 3. The molecule has 0 fully saturated rings. The number of hydrogen-bond acceptors (Lipinski definition) is 7. The van der Waals surface area contributed by atoms with Gasteiger partial charge in [-0.15, -0.1) is 11.3 Å². The lowest BCUT2D eigenvalue weighted by atomic mass is 10.0. The first-order chi connectivity index (χ1) is 14.6. The van der Waals surface area contributed by atoms with Gasteiger partial charge in [-0.1, -0.05) is 17.7 Å². The van der Waals surface area contributed by atoms with Crippen LogP contribution in [0.2, 0.25) is 5.02 Å². The average molecular weight is 469 g/mol. The highest BCUT2D eigenvalue weighted by atomic mass is 35.5. The fourth-order valence-electron chi connectivity index (χ4n) is 2.89. The molecule has 0 saturated carbocycles. The van der Waals surface area contributed by atoms with Crippen molar-refractivity contribution in [2.75, 3.05) is 4.90 Å².